The molecule has 1 saturated heterocycles. The lowest BCUT2D eigenvalue weighted by Crippen LogP contribution is -2.61. The number of pyridine rings is 1. The van der Waals surface area contributed by atoms with Crippen molar-refractivity contribution in [3.05, 3.63) is 47.7 Å². The van der Waals surface area contributed by atoms with Gasteiger partial charge in [0.05, 0.1) is 10.9 Å². The summed E-state index contributed by atoms with van der Waals surface area (Å²) in [6, 6.07) is 7.39. The normalized spacial score (nSPS) is 17.6. The predicted molar refractivity (Wildman–Crippen MR) is 154 cm³/mol. The van der Waals surface area contributed by atoms with Crippen molar-refractivity contribution in [3.8, 4) is 0 Å². The number of carbonyl (C=O) groups is 4. The lowest BCUT2D eigenvalue weighted by atomic mass is 9.89. The molecule has 3 unspecified atom stereocenters. The van der Waals surface area contributed by atoms with E-state index in [4.69, 9.17) is 0 Å². The Balaban J connectivity index is 1.65. The van der Waals surface area contributed by atoms with Crippen molar-refractivity contribution in [2.24, 2.45) is 11.3 Å². The predicted octanol–water partition coefficient (Wildman–Crippen LogP) is 3.06. The largest absolute Gasteiger partial charge is 0.480 e. The van der Waals surface area contributed by atoms with Crippen LogP contribution in [0.3, 0.4) is 0 Å². The lowest BCUT2D eigenvalue weighted by molar-refractivity contribution is -0.148. The van der Waals surface area contributed by atoms with Gasteiger partial charge in [-0.3, -0.25) is 29.2 Å². The number of aromatic nitrogens is 1. The number of fused-ring (bicyclic) bond motifs is 1. The molecular formula is C30H41N5O5. The van der Waals surface area contributed by atoms with Crippen molar-refractivity contribution in [3.63, 3.8) is 0 Å². The quantitative estimate of drug-likeness (QED) is 0.356. The average molecular weight is 552 g/mol. The Bertz CT molecular complexity index is 1290. The second kappa shape index (κ2) is 13.0. The fraction of sp³-hybridized carbons (Fsp3) is 0.500. The maximum Gasteiger partial charge on any atom is 0.322 e. The summed E-state index contributed by atoms with van der Waals surface area (Å²) in [5.41, 5.74) is 4.60. The number of benzene rings is 1. The molecule has 1 aliphatic rings. The summed E-state index contributed by atoms with van der Waals surface area (Å²) in [5, 5.41) is 17.1. The van der Waals surface area contributed by atoms with Crippen LogP contribution < -0.4 is 16.1 Å². The van der Waals surface area contributed by atoms with E-state index >= 15 is 0 Å². The second-order valence-corrected chi connectivity index (χ2v) is 11.2. The zero-order chi connectivity index (χ0) is 29.6. The maximum absolute atomic E-state index is 13.3. The van der Waals surface area contributed by atoms with Crippen molar-refractivity contribution in [2.45, 2.75) is 78.9 Å². The van der Waals surface area contributed by atoms with Gasteiger partial charge in [0, 0.05) is 17.6 Å². The van der Waals surface area contributed by atoms with E-state index in [-0.39, 0.29) is 11.8 Å². The van der Waals surface area contributed by atoms with Crippen LogP contribution in [0.4, 0.5) is 0 Å². The van der Waals surface area contributed by atoms with Crippen LogP contribution in [0.2, 0.25) is 0 Å². The summed E-state index contributed by atoms with van der Waals surface area (Å²) < 4.78 is 0. The molecule has 10 nitrogen and oxygen atoms in total. The highest BCUT2D eigenvalue weighted by atomic mass is 16.4. The van der Waals surface area contributed by atoms with Crippen LogP contribution in [-0.2, 0) is 25.6 Å². The standard InChI is InChI=1S/C30H41N5O5/c1-7-22-13-12-21-11-10-20(17-24(21)32-22)14-15-30(5,6)29(40)33-25(18(2)3)26(36)31-19(4)27(37)35-16-8-9-23(34-35)28(38)39/h10-15,17-19,23,25,34H,7-9,16H2,1-6H3,(H,31,36)(H,33,40)(H,38,39)/b15-14+. The van der Waals surface area contributed by atoms with E-state index in [1.165, 1.54) is 5.01 Å². The number of carboxylic acids is 1. The molecule has 2 aromatic rings. The molecule has 2 heterocycles. The van der Waals surface area contributed by atoms with Gasteiger partial charge in [-0.1, -0.05) is 51.1 Å². The van der Waals surface area contributed by atoms with Gasteiger partial charge in [0.2, 0.25) is 11.8 Å². The Morgan fingerprint density at radius 1 is 1.15 bits per heavy atom. The summed E-state index contributed by atoms with van der Waals surface area (Å²) >= 11 is 0. The van der Waals surface area contributed by atoms with Crippen LogP contribution >= 0.6 is 0 Å². The smallest absolute Gasteiger partial charge is 0.322 e. The first-order valence-corrected chi connectivity index (χ1v) is 13.8. The molecule has 0 saturated carbocycles. The molecule has 0 spiro atoms. The summed E-state index contributed by atoms with van der Waals surface area (Å²) in [6.45, 7) is 11.1. The number of amides is 3. The number of carbonyl (C=O) groups excluding carboxylic acids is 3. The van der Waals surface area contributed by atoms with Gasteiger partial charge in [0.25, 0.3) is 5.91 Å². The van der Waals surface area contributed by atoms with E-state index in [1.807, 2.05) is 50.3 Å². The number of aliphatic carboxylic acids is 1. The van der Waals surface area contributed by atoms with E-state index in [2.05, 4.69) is 28.0 Å². The molecule has 1 aromatic heterocycles. The molecule has 3 amide bonds. The highest BCUT2D eigenvalue weighted by molar-refractivity contribution is 5.94. The van der Waals surface area contributed by atoms with Gasteiger partial charge >= 0.3 is 5.97 Å². The Kier molecular flexibility index (Phi) is 10.0. The Morgan fingerprint density at radius 3 is 2.50 bits per heavy atom. The highest BCUT2D eigenvalue weighted by Crippen LogP contribution is 2.22. The molecule has 0 radical (unpaired) electrons. The first kappa shape index (κ1) is 30.7. The van der Waals surface area contributed by atoms with Crippen molar-refractivity contribution in [2.75, 3.05) is 6.54 Å². The number of nitrogens with one attached hydrogen (secondary N) is 3. The number of nitrogens with zero attached hydrogens (tertiary/aromatic N) is 2. The SMILES string of the molecule is CCc1ccc2ccc(/C=C/C(C)(C)C(=O)NC(C(=O)NC(C)C(=O)N3CCCC(C(=O)O)N3)C(C)C)cc2n1. The van der Waals surface area contributed by atoms with Crippen molar-refractivity contribution in [1.29, 1.82) is 0 Å². The molecule has 0 bridgehead atoms. The van der Waals surface area contributed by atoms with E-state index in [1.54, 1.807) is 26.8 Å². The first-order chi connectivity index (χ1) is 18.8. The van der Waals surface area contributed by atoms with Gasteiger partial charge in [-0.2, -0.15) is 0 Å². The van der Waals surface area contributed by atoms with Crippen LogP contribution in [0.25, 0.3) is 17.0 Å². The number of hydrogen-bond acceptors (Lipinski definition) is 6. The Morgan fingerprint density at radius 2 is 1.85 bits per heavy atom. The molecule has 1 fully saturated rings. The summed E-state index contributed by atoms with van der Waals surface area (Å²) in [6.07, 6.45) is 5.49. The van der Waals surface area contributed by atoms with Gasteiger partial charge in [0.15, 0.2) is 0 Å². The number of carboxylic acid groups (broad SMARTS) is 1. The van der Waals surface area contributed by atoms with Crippen LogP contribution in [-0.4, -0.2) is 63.5 Å². The molecule has 3 atom stereocenters. The molecule has 40 heavy (non-hydrogen) atoms. The molecule has 1 aromatic carbocycles. The van der Waals surface area contributed by atoms with Gasteiger partial charge < -0.3 is 15.7 Å². The molecule has 1 aliphatic heterocycles. The first-order valence-electron chi connectivity index (χ1n) is 13.8. The minimum absolute atomic E-state index is 0.241. The van der Waals surface area contributed by atoms with Gasteiger partial charge in [-0.15, -0.1) is 0 Å². The van der Waals surface area contributed by atoms with Gasteiger partial charge in [0.1, 0.15) is 18.1 Å². The summed E-state index contributed by atoms with van der Waals surface area (Å²) in [4.78, 5) is 55.3. The average Bonchev–Trinajstić information content (AvgIpc) is 2.93. The van der Waals surface area contributed by atoms with Crippen LogP contribution in [0.5, 0.6) is 0 Å². The molecule has 3 rings (SSSR count). The molecule has 10 heteroatoms. The fourth-order valence-electron chi connectivity index (χ4n) is 4.44. The van der Waals surface area contributed by atoms with Crippen molar-refractivity contribution < 1.29 is 24.3 Å². The zero-order valence-electron chi connectivity index (χ0n) is 24.2. The second-order valence-electron chi connectivity index (χ2n) is 11.2. The Labute approximate surface area is 235 Å². The molecular weight excluding hydrogens is 510 g/mol. The molecule has 4 N–H and O–H groups in total. The number of aryl methyl sites for hydroxylation is 1. The van der Waals surface area contributed by atoms with E-state index in [0.717, 1.165) is 28.6 Å². The minimum atomic E-state index is -1.03. The van der Waals surface area contributed by atoms with Crippen LogP contribution in [0.15, 0.2) is 36.4 Å². The Hall–Kier alpha value is -3.79. The fourth-order valence-corrected chi connectivity index (χ4v) is 4.44. The number of rotatable bonds is 10. The molecule has 216 valence electrons. The molecule has 0 aliphatic carbocycles. The zero-order valence-corrected chi connectivity index (χ0v) is 24.2. The van der Waals surface area contributed by atoms with Crippen LogP contribution in [0.1, 0.15) is 65.6 Å². The number of hydrazine groups is 1. The maximum atomic E-state index is 13.3. The third kappa shape index (κ3) is 7.65. The number of hydrogen-bond donors (Lipinski definition) is 4. The van der Waals surface area contributed by atoms with Crippen molar-refractivity contribution in [1.82, 2.24) is 26.1 Å². The third-order valence-corrected chi connectivity index (χ3v) is 7.13. The summed E-state index contributed by atoms with van der Waals surface area (Å²) in [5.74, 6) is -2.52. The third-order valence-electron chi connectivity index (χ3n) is 7.13. The van der Waals surface area contributed by atoms with Crippen LogP contribution in [0, 0.1) is 11.3 Å². The van der Waals surface area contributed by atoms with E-state index in [9.17, 15) is 24.3 Å². The minimum Gasteiger partial charge on any atom is -0.480 e. The summed E-state index contributed by atoms with van der Waals surface area (Å²) in [7, 11) is 0. The van der Waals surface area contributed by atoms with E-state index in [0.29, 0.717) is 19.4 Å². The highest BCUT2D eigenvalue weighted by Gasteiger charge is 2.34. The lowest BCUT2D eigenvalue weighted by Gasteiger charge is -2.34. The van der Waals surface area contributed by atoms with Gasteiger partial charge in [-0.25, -0.2) is 5.43 Å². The van der Waals surface area contributed by atoms with Crippen molar-refractivity contribution >= 4 is 40.7 Å². The topological polar surface area (TPSA) is 141 Å². The van der Waals surface area contributed by atoms with Gasteiger partial charge in [-0.05, 0) is 63.6 Å². The van der Waals surface area contributed by atoms with E-state index < -0.39 is 41.3 Å². The monoisotopic (exact) mass is 551 g/mol.